The van der Waals surface area contributed by atoms with Crippen LogP contribution in [0, 0.1) is 19.8 Å². The first-order valence-corrected chi connectivity index (χ1v) is 17.9. The Morgan fingerprint density at radius 3 is 2.23 bits per heavy atom. The number of likely N-dealkylation sites (tertiary alicyclic amines) is 1. The second-order valence-electron chi connectivity index (χ2n) is 13.2. The molecule has 3 aliphatic rings. The minimum absolute atomic E-state index is 0.0318. The van der Waals surface area contributed by atoms with E-state index in [0.29, 0.717) is 34.2 Å². The third-order valence-corrected chi connectivity index (χ3v) is 12.5. The zero-order valence-corrected chi connectivity index (χ0v) is 27.9. The van der Waals surface area contributed by atoms with Gasteiger partial charge in [-0.3, -0.25) is 9.69 Å². The van der Waals surface area contributed by atoms with Gasteiger partial charge in [-0.05, 0) is 113 Å². The summed E-state index contributed by atoms with van der Waals surface area (Å²) in [6, 6.07) is 14.3. The molecule has 8 nitrogen and oxygen atoms in total. The topological polar surface area (TPSA) is 79.4 Å². The molecule has 2 saturated heterocycles. The molecular weight excluding hydrogens is 574 g/mol. The van der Waals surface area contributed by atoms with Gasteiger partial charge in [-0.2, -0.15) is 4.31 Å². The molecule has 9 heteroatoms. The van der Waals surface area contributed by atoms with E-state index in [9.17, 15) is 13.2 Å². The summed E-state index contributed by atoms with van der Waals surface area (Å²) in [7, 11) is -0.264. The Hall–Kier alpha value is -2.46. The molecule has 1 aliphatic carbocycles. The summed E-state index contributed by atoms with van der Waals surface area (Å²) in [5.41, 5.74) is 2.91. The number of carbonyl (C=O) groups excluding carboxylic acids is 1. The van der Waals surface area contributed by atoms with Crippen LogP contribution in [0.5, 0.6) is 5.75 Å². The zero-order valence-electron chi connectivity index (χ0n) is 27.1. The molecule has 1 amide bonds. The number of piperidine rings is 1. The lowest BCUT2D eigenvalue weighted by Gasteiger charge is -2.47. The molecule has 3 fully saturated rings. The lowest BCUT2D eigenvalue weighted by Crippen LogP contribution is -2.48. The minimum Gasteiger partial charge on any atom is -0.497 e. The van der Waals surface area contributed by atoms with Crippen molar-refractivity contribution in [3.63, 3.8) is 0 Å². The fraction of sp³-hybridized carbons (Fsp3) is 0.629. The second-order valence-corrected chi connectivity index (χ2v) is 15.0. The molecule has 2 aliphatic heterocycles. The predicted octanol–water partition coefficient (Wildman–Crippen LogP) is 5.51. The number of hydrogen-bond acceptors (Lipinski definition) is 6. The summed E-state index contributed by atoms with van der Waals surface area (Å²) < 4.78 is 40.5. The molecule has 2 aromatic rings. The van der Waals surface area contributed by atoms with Crippen molar-refractivity contribution in [2.75, 3.05) is 53.6 Å². The number of benzene rings is 2. The Morgan fingerprint density at radius 2 is 1.59 bits per heavy atom. The number of likely N-dealkylation sites (N-methyl/N-ethyl adjacent to an activating group) is 1. The summed E-state index contributed by atoms with van der Waals surface area (Å²) in [4.78, 5) is 18.0. The van der Waals surface area contributed by atoms with Crippen LogP contribution in [0.15, 0.2) is 47.4 Å². The Balaban J connectivity index is 1.14. The highest BCUT2D eigenvalue weighted by atomic mass is 32.2. The van der Waals surface area contributed by atoms with Gasteiger partial charge in [0.1, 0.15) is 12.4 Å². The molecule has 1 saturated carbocycles. The molecule has 1 unspecified atom stereocenters. The van der Waals surface area contributed by atoms with Gasteiger partial charge in [0, 0.05) is 31.7 Å². The van der Waals surface area contributed by atoms with Crippen LogP contribution < -0.4 is 4.74 Å². The highest BCUT2D eigenvalue weighted by Crippen LogP contribution is 2.45. The fourth-order valence-electron chi connectivity index (χ4n) is 7.91. The Morgan fingerprint density at radius 1 is 0.955 bits per heavy atom. The van der Waals surface area contributed by atoms with Crippen molar-refractivity contribution in [3.05, 3.63) is 59.2 Å². The maximum absolute atomic E-state index is 13.8. The number of nitrogens with zero attached hydrogens (tertiary/aromatic N) is 3. The van der Waals surface area contributed by atoms with Crippen LogP contribution in [0.4, 0.5) is 0 Å². The Bertz CT molecular complexity index is 1340. The maximum atomic E-state index is 13.8. The van der Waals surface area contributed by atoms with Gasteiger partial charge in [0.2, 0.25) is 15.9 Å². The van der Waals surface area contributed by atoms with Crippen LogP contribution in [0.1, 0.15) is 74.5 Å². The Kier molecular flexibility index (Phi) is 10.7. The summed E-state index contributed by atoms with van der Waals surface area (Å²) in [5.74, 6) is 1.07. The molecule has 0 bridgehead atoms. The molecule has 5 rings (SSSR count). The first-order valence-electron chi connectivity index (χ1n) is 16.4. The third kappa shape index (κ3) is 7.01. The van der Waals surface area contributed by atoms with Crippen molar-refractivity contribution in [2.45, 2.75) is 88.1 Å². The molecule has 0 radical (unpaired) electrons. The molecule has 2 aromatic carbocycles. The van der Waals surface area contributed by atoms with Gasteiger partial charge in [0.25, 0.3) is 0 Å². The van der Waals surface area contributed by atoms with E-state index in [1.807, 2.05) is 25.8 Å². The third-order valence-electron chi connectivity index (χ3n) is 10.3. The van der Waals surface area contributed by atoms with Crippen molar-refractivity contribution < 1.29 is 22.7 Å². The van der Waals surface area contributed by atoms with Gasteiger partial charge >= 0.3 is 0 Å². The standard InChI is InChI=1S/C35H51N3O5S/c1-27-22-32(42-4)23-28(2)34(27)44(40,41)38-21-9-8-14-31(38)25-43-26-33(39)36(3)24-29-15-17-35(18-16-29,37-19-10-11-20-37)30-12-6-5-7-13-30/h5-7,12-13,22-23,29,31H,8-11,14-21,24-26H2,1-4H3. The van der Waals surface area contributed by atoms with E-state index in [1.54, 1.807) is 23.5 Å². The molecule has 0 aromatic heterocycles. The monoisotopic (exact) mass is 625 g/mol. The van der Waals surface area contributed by atoms with E-state index < -0.39 is 10.0 Å². The molecule has 1 atom stereocenters. The number of methoxy groups -OCH3 is 1. The van der Waals surface area contributed by atoms with Gasteiger partial charge in [0.05, 0.1) is 18.6 Å². The summed E-state index contributed by atoms with van der Waals surface area (Å²) >= 11 is 0. The number of carbonyl (C=O) groups is 1. The van der Waals surface area contributed by atoms with Crippen LogP contribution in [-0.2, 0) is 25.1 Å². The first-order chi connectivity index (χ1) is 21.2. The SMILES string of the molecule is COc1cc(C)c(S(=O)(=O)N2CCCCC2COCC(=O)N(C)CC2CCC(c3ccccc3)(N3CCCC3)CC2)c(C)c1. The molecule has 242 valence electrons. The average molecular weight is 626 g/mol. The molecule has 0 spiro atoms. The highest BCUT2D eigenvalue weighted by molar-refractivity contribution is 7.89. The van der Waals surface area contributed by atoms with Crippen molar-refractivity contribution in [1.82, 2.24) is 14.1 Å². The quantitative estimate of drug-likeness (QED) is 0.328. The number of amides is 1. The van der Waals surface area contributed by atoms with Gasteiger partial charge in [-0.15, -0.1) is 0 Å². The molecule has 2 heterocycles. The molecule has 44 heavy (non-hydrogen) atoms. The fourth-order valence-corrected chi connectivity index (χ4v) is 10.0. The van der Waals surface area contributed by atoms with Crippen molar-refractivity contribution >= 4 is 15.9 Å². The first kappa shape index (κ1) is 32.9. The highest BCUT2D eigenvalue weighted by Gasteiger charge is 2.43. The number of hydrogen-bond donors (Lipinski definition) is 0. The van der Waals surface area contributed by atoms with E-state index >= 15 is 0 Å². The van der Waals surface area contributed by atoms with Gasteiger partial charge < -0.3 is 14.4 Å². The van der Waals surface area contributed by atoms with Crippen molar-refractivity contribution in [2.24, 2.45) is 5.92 Å². The van der Waals surface area contributed by atoms with E-state index in [1.165, 1.54) is 31.5 Å². The number of rotatable bonds is 11. The number of sulfonamides is 1. The Labute approximate surface area is 264 Å². The van der Waals surface area contributed by atoms with Crippen LogP contribution in [0.25, 0.3) is 0 Å². The van der Waals surface area contributed by atoms with Crippen LogP contribution >= 0.6 is 0 Å². The summed E-state index contributed by atoms with van der Waals surface area (Å²) in [6.45, 7) is 7.34. The summed E-state index contributed by atoms with van der Waals surface area (Å²) in [6.07, 6.45) is 9.49. The lowest BCUT2D eigenvalue weighted by atomic mass is 9.71. The van der Waals surface area contributed by atoms with Crippen molar-refractivity contribution in [3.8, 4) is 5.75 Å². The molecular formula is C35H51N3O5S. The second kappa shape index (κ2) is 14.3. The van der Waals surface area contributed by atoms with E-state index in [0.717, 1.165) is 51.5 Å². The van der Waals surface area contributed by atoms with Gasteiger partial charge in [0.15, 0.2) is 0 Å². The van der Waals surface area contributed by atoms with E-state index in [-0.39, 0.29) is 30.7 Å². The average Bonchev–Trinajstić information content (AvgIpc) is 3.57. The summed E-state index contributed by atoms with van der Waals surface area (Å²) in [5, 5.41) is 0. The zero-order chi connectivity index (χ0) is 31.3. The van der Waals surface area contributed by atoms with Crippen LogP contribution in [0.3, 0.4) is 0 Å². The number of aryl methyl sites for hydroxylation is 2. The van der Waals surface area contributed by atoms with Crippen molar-refractivity contribution in [1.29, 1.82) is 0 Å². The van der Waals surface area contributed by atoms with Crippen LogP contribution in [0.2, 0.25) is 0 Å². The molecule has 0 N–H and O–H groups in total. The van der Waals surface area contributed by atoms with Gasteiger partial charge in [-0.1, -0.05) is 36.8 Å². The van der Waals surface area contributed by atoms with E-state index in [4.69, 9.17) is 9.47 Å². The predicted molar refractivity (Wildman–Crippen MR) is 173 cm³/mol. The minimum atomic E-state index is -3.72. The lowest BCUT2D eigenvalue weighted by molar-refractivity contribution is -0.136. The largest absolute Gasteiger partial charge is 0.497 e. The van der Waals surface area contributed by atoms with E-state index in [2.05, 4.69) is 35.2 Å². The van der Waals surface area contributed by atoms with Crippen LogP contribution in [-0.4, -0.2) is 88.0 Å². The smallest absolute Gasteiger partial charge is 0.248 e. The maximum Gasteiger partial charge on any atom is 0.248 e. The number of ether oxygens (including phenoxy) is 2. The van der Waals surface area contributed by atoms with Gasteiger partial charge in [-0.25, -0.2) is 8.42 Å². The normalized spacial score (nSPS) is 25.2.